The summed E-state index contributed by atoms with van der Waals surface area (Å²) >= 11 is 0. The molecule has 12 nitrogen and oxygen atoms in total. The van der Waals surface area contributed by atoms with E-state index in [9.17, 15) is 48.7 Å². The first-order valence-electron chi connectivity index (χ1n) is 18.7. The summed E-state index contributed by atoms with van der Waals surface area (Å²) in [5, 5.41) is 32.0. The predicted molar refractivity (Wildman–Crippen MR) is 186 cm³/mol. The molecule has 0 spiro atoms. The average molecular weight is 736 g/mol. The molecule has 4 saturated carbocycles. The first kappa shape index (κ1) is 40.9. The number of esters is 1. The first-order valence-corrected chi connectivity index (χ1v) is 21.6. The number of ether oxygens (including phenoxy) is 1. The zero-order valence-electron chi connectivity index (χ0n) is 29.9. The topological polar surface area (TPSA) is 211 Å². The van der Waals surface area contributed by atoms with Gasteiger partial charge in [0, 0.05) is 18.9 Å². The second kappa shape index (κ2) is 16.0. The fourth-order valence-corrected chi connectivity index (χ4v) is 12.8. The van der Waals surface area contributed by atoms with E-state index < -0.39 is 50.7 Å². The molecular weight excluding hydrogens is 672 g/mol. The van der Waals surface area contributed by atoms with Crippen LogP contribution in [0.1, 0.15) is 137 Å². The van der Waals surface area contributed by atoms with Gasteiger partial charge in [-0.15, -0.1) is 0 Å². The second-order valence-electron chi connectivity index (χ2n) is 16.6. The Hall–Kier alpha value is -0.840. The van der Waals surface area contributed by atoms with Crippen LogP contribution in [-0.2, 0) is 23.5 Å². The molecular formula is C35H63NO11P2. The third-order valence-corrected chi connectivity index (χ3v) is 17.2. The number of aliphatic hydroxyl groups excluding tert-OH is 1. The number of nitrogens with one attached hydrogen (secondary N) is 1. The van der Waals surface area contributed by atoms with E-state index in [0.29, 0.717) is 24.2 Å². The number of carbonyl (C=O) groups is 2. The number of unbranched alkanes of at least 4 members (excludes halogenated alkanes) is 3. The van der Waals surface area contributed by atoms with Gasteiger partial charge in [0.2, 0.25) is 19.0 Å². The van der Waals surface area contributed by atoms with Crippen molar-refractivity contribution < 1.29 is 53.5 Å². The standard InChI is InChI=1S/C35H63NO11P2/c1-5-6-7-8-16-34(4,40)29-11-10-25-24-22-28(27-21-23(37)14-18-32(27,2)26(24)15-19-33(25,29)3)47-31(39)13-12-30(38)36-20-9-17-35(41,48(42)43)49(44,45)46/h23-29,37,40-41,48H,5-22H2,1-4H3,(H,36,38)(H,42,43)(H2,44,45,46)/t23-,24-,25-,26-,27+,28-,29-,32+,33-,34-,35?/m0/s1. The van der Waals surface area contributed by atoms with Crippen LogP contribution in [0.2, 0.25) is 0 Å². The fraction of sp³-hybridized carbons (Fsp3) is 0.943. The highest BCUT2D eigenvalue weighted by Crippen LogP contribution is 2.69. The molecule has 4 rings (SSSR count). The van der Waals surface area contributed by atoms with Gasteiger partial charge >= 0.3 is 13.6 Å². The number of amides is 1. The van der Waals surface area contributed by atoms with Crippen molar-refractivity contribution in [2.45, 2.75) is 160 Å². The zero-order valence-corrected chi connectivity index (χ0v) is 31.8. The normalized spacial score (nSPS) is 37.5. The molecule has 0 saturated heterocycles. The van der Waals surface area contributed by atoms with Crippen molar-refractivity contribution in [3.05, 3.63) is 0 Å². The Morgan fingerprint density at radius 1 is 0.918 bits per heavy atom. The van der Waals surface area contributed by atoms with E-state index in [1.165, 1.54) is 6.42 Å². The summed E-state index contributed by atoms with van der Waals surface area (Å²) in [7, 11) is -9.24. The molecule has 1 amide bonds. The molecule has 0 heterocycles. The molecule has 14 heteroatoms. The van der Waals surface area contributed by atoms with Crippen LogP contribution >= 0.6 is 15.6 Å². The van der Waals surface area contributed by atoms with E-state index in [-0.39, 0.29) is 54.6 Å². The van der Waals surface area contributed by atoms with Gasteiger partial charge in [-0.1, -0.05) is 46.5 Å². The summed E-state index contributed by atoms with van der Waals surface area (Å²) < 4.78 is 29.1. The van der Waals surface area contributed by atoms with Gasteiger partial charge in [-0.25, -0.2) is 0 Å². The molecule has 49 heavy (non-hydrogen) atoms. The van der Waals surface area contributed by atoms with Gasteiger partial charge in [0.05, 0.1) is 18.1 Å². The van der Waals surface area contributed by atoms with Gasteiger partial charge in [-0.3, -0.25) is 18.7 Å². The molecule has 284 valence electrons. The Balaban J connectivity index is 1.38. The van der Waals surface area contributed by atoms with Crippen LogP contribution < -0.4 is 5.32 Å². The third kappa shape index (κ3) is 8.70. The number of aliphatic hydroxyl groups is 3. The van der Waals surface area contributed by atoms with Crippen LogP contribution in [0, 0.1) is 40.4 Å². The van der Waals surface area contributed by atoms with E-state index in [4.69, 9.17) is 4.74 Å². The van der Waals surface area contributed by atoms with Crippen LogP contribution in [0.3, 0.4) is 0 Å². The maximum absolute atomic E-state index is 13.2. The van der Waals surface area contributed by atoms with Crippen molar-refractivity contribution in [1.82, 2.24) is 5.32 Å². The molecule has 0 aromatic heterocycles. The molecule has 4 fully saturated rings. The van der Waals surface area contributed by atoms with Gasteiger partial charge in [-0.05, 0) is 112 Å². The zero-order chi connectivity index (χ0) is 36.4. The number of carbonyl (C=O) groups excluding carboxylic acids is 2. The van der Waals surface area contributed by atoms with E-state index in [1.807, 2.05) is 6.92 Å². The van der Waals surface area contributed by atoms with Crippen molar-refractivity contribution in [2.75, 3.05) is 6.54 Å². The monoisotopic (exact) mass is 735 g/mol. The summed E-state index contributed by atoms with van der Waals surface area (Å²) in [5.74, 6) is 0.491. The van der Waals surface area contributed by atoms with Crippen LogP contribution in [-0.4, -0.2) is 71.3 Å². The summed E-state index contributed by atoms with van der Waals surface area (Å²) in [5.41, 5.74) is -0.790. The molecule has 0 aromatic carbocycles. The van der Waals surface area contributed by atoms with E-state index >= 15 is 0 Å². The number of rotatable bonds is 16. The van der Waals surface area contributed by atoms with Gasteiger partial charge in [-0.2, -0.15) is 0 Å². The third-order valence-electron chi connectivity index (χ3n) is 13.6. The maximum atomic E-state index is 13.2. The van der Waals surface area contributed by atoms with Crippen LogP contribution in [0.15, 0.2) is 0 Å². The van der Waals surface area contributed by atoms with Crippen molar-refractivity contribution in [1.29, 1.82) is 0 Å². The van der Waals surface area contributed by atoms with Crippen LogP contribution in [0.4, 0.5) is 0 Å². The minimum atomic E-state index is -5.27. The fourth-order valence-electron chi connectivity index (χ4n) is 11.0. The minimum absolute atomic E-state index is 0.00774. The highest BCUT2D eigenvalue weighted by molar-refractivity contribution is 7.66. The quantitative estimate of drug-likeness (QED) is 0.0621. The Morgan fingerprint density at radius 2 is 1.59 bits per heavy atom. The molecule has 12 atom stereocenters. The van der Waals surface area contributed by atoms with Gasteiger partial charge in [0.25, 0.3) is 0 Å². The molecule has 0 radical (unpaired) electrons. The second-order valence-corrected chi connectivity index (χ2v) is 20.3. The van der Waals surface area contributed by atoms with Gasteiger partial charge < -0.3 is 40.1 Å². The predicted octanol–water partition coefficient (Wildman–Crippen LogP) is 5.22. The smallest absolute Gasteiger partial charge is 0.366 e. The molecule has 4 aliphatic carbocycles. The summed E-state index contributed by atoms with van der Waals surface area (Å²) in [6.07, 6.45) is 10.5. The molecule has 0 bridgehead atoms. The van der Waals surface area contributed by atoms with Crippen molar-refractivity contribution in [3.8, 4) is 0 Å². The molecule has 7 N–H and O–H groups in total. The van der Waals surface area contributed by atoms with Crippen LogP contribution in [0.25, 0.3) is 0 Å². The highest BCUT2D eigenvalue weighted by atomic mass is 31.2. The summed E-state index contributed by atoms with van der Waals surface area (Å²) in [4.78, 5) is 53.5. The molecule has 0 aromatic rings. The highest BCUT2D eigenvalue weighted by Gasteiger charge is 2.64. The number of fused-ring (bicyclic) bond motifs is 5. The summed E-state index contributed by atoms with van der Waals surface area (Å²) in [6, 6.07) is 0. The maximum Gasteiger partial charge on any atom is 0.366 e. The van der Waals surface area contributed by atoms with Crippen molar-refractivity contribution in [2.24, 2.45) is 40.4 Å². The van der Waals surface area contributed by atoms with E-state index in [2.05, 4.69) is 26.1 Å². The average Bonchev–Trinajstić information content (AvgIpc) is 3.39. The Labute approximate surface area is 292 Å². The van der Waals surface area contributed by atoms with Gasteiger partial charge in [0.15, 0.2) is 0 Å². The van der Waals surface area contributed by atoms with Crippen LogP contribution in [0.5, 0.6) is 0 Å². The summed E-state index contributed by atoms with van der Waals surface area (Å²) in [6.45, 7) is 8.85. The lowest BCUT2D eigenvalue weighted by Crippen LogP contribution is -2.59. The lowest BCUT2D eigenvalue weighted by molar-refractivity contribution is -0.197. The van der Waals surface area contributed by atoms with Crippen molar-refractivity contribution >= 4 is 27.5 Å². The first-order chi connectivity index (χ1) is 22.8. The number of hydrogen-bond donors (Lipinski definition) is 7. The lowest BCUT2D eigenvalue weighted by atomic mass is 9.43. The Kier molecular flexibility index (Phi) is 13.4. The Morgan fingerprint density at radius 3 is 2.24 bits per heavy atom. The van der Waals surface area contributed by atoms with Crippen molar-refractivity contribution in [3.63, 3.8) is 0 Å². The van der Waals surface area contributed by atoms with E-state index in [1.54, 1.807) is 0 Å². The molecule has 4 aliphatic rings. The number of hydrogen-bond acceptors (Lipinski definition) is 8. The molecule has 2 unspecified atom stereocenters. The SMILES string of the molecule is CCCCCC[C@](C)(O)[C@H]1CC[C@H]2[C@@H]3C[C@H](OC(=O)CCC(=O)NCCCC(O)([PH](=O)O)P(=O)(O)O)[C@H]4C[C@@H](O)CC[C@]4(C)[C@H]3CC[C@@]21C. The van der Waals surface area contributed by atoms with Gasteiger partial charge in [0.1, 0.15) is 6.10 Å². The molecule has 0 aliphatic heterocycles. The largest absolute Gasteiger partial charge is 0.462 e. The lowest BCUT2D eigenvalue weighted by Gasteiger charge is -2.63. The van der Waals surface area contributed by atoms with E-state index in [0.717, 1.165) is 70.6 Å². The minimum Gasteiger partial charge on any atom is -0.462 e. The Bertz CT molecular complexity index is 1240.